The molecule has 0 radical (unpaired) electrons. The molecule has 2 aromatic rings. The summed E-state index contributed by atoms with van der Waals surface area (Å²) in [5, 5.41) is 8.32. The van der Waals surface area contributed by atoms with E-state index in [1.54, 1.807) is 12.1 Å². The van der Waals surface area contributed by atoms with Crippen molar-refractivity contribution >= 4 is 34.8 Å². The first-order chi connectivity index (χ1) is 12.8. The van der Waals surface area contributed by atoms with Gasteiger partial charge >= 0.3 is 0 Å². The number of rotatable bonds is 4. The number of carbonyl (C=O) groups excluding carboxylic acids is 3. The Bertz CT molecular complexity index is 948. The molecule has 1 aliphatic heterocycles. The number of aryl methyl sites for hydroxylation is 2. The predicted molar refractivity (Wildman–Crippen MR) is 104 cm³/mol. The van der Waals surface area contributed by atoms with Crippen LogP contribution in [0.3, 0.4) is 0 Å². The summed E-state index contributed by atoms with van der Waals surface area (Å²) >= 11 is 0. The van der Waals surface area contributed by atoms with Crippen molar-refractivity contribution in [3.8, 4) is 0 Å². The molecule has 3 amide bonds. The molecule has 0 bridgehead atoms. The van der Waals surface area contributed by atoms with E-state index in [0.29, 0.717) is 16.9 Å². The Kier molecular flexibility index (Phi) is 5.03. The van der Waals surface area contributed by atoms with Crippen LogP contribution in [0.5, 0.6) is 0 Å². The first kappa shape index (κ1) is 18.3. The van der Waals surface area contributed by atoms with E-state index in [1.807, 2.05) is 32.0 Å². The Labute approximate surface area is 156 Å². The largest absolute Gasteiger partial charge is 0.366 e. The highest BCUT2D eigenvalue weighted by atomic mass is 16.2. The van der Waals surface area contributed by atoms with Gasteiger partial charge in [-0.1, -0.05) is 12.1 Å². The van der Waals surface area contributed by atoms with Gasteiger partial charge in [-0.3, -0.25) is 14.4 Å². The van der Waals surface area contributed by atoms with Gasteiger partial charge in [0.25, 0.3) is 5.91 Å². The van der Waals surface area contributed by atoms with Gasteiger partial charge in [0.05, 0.1) is 5.69 Å². The number of amides is 3. The smallest absolute Gasteiger partial charge is 0.271 e. The molecule has 138 valence electrons. The second-order valence-electron chi connectivity index (χ2n) is 6.44. The number of hydrazone groups is 1. The molecule has 2 aromatic carbocycles. The maximum atomic E-state index is 12.6. The van der Waals surface area contributed by atoms with E-state index in [0.717, 1.165) is 11.1 Å². The van der Waals surface area contributed by atoms with Crippen LogP contribution >= 0.6 is 0 Å². The fourth-order valence-electron chi connectivity index (χ4n) is 2.77. The van der Waals surface area contributed by atoms with Crippen LogP contribution in [0.2, 0.25) is 0 Å². The van der Waals surface area contributed by atoms with Gasteiger partial charge in [0.2, 0.25) is 11.8 Å². The standard InChI is InChI=1S/C20H20N4O3/c1-12-3-4-13(2)17(11-12)24-18(25)10-9-16(23-24)20(27)22-15-7-5-14(6-8-15)19(21)26/h3-8,11H,9-10H2,1-2H3,(H2,21,26)(H,22,27). The SMILES string of the molecule is Cc1ccc(C)c(N2N=C(C(=O)Nc3ccc(C(N)=O)cc3)CCC2=O)c1. The summed E-state index contributed by atoms with van der Waals surface area (Å²) in [6.45, 7) is 3.83. The van der Waals surface area contributed by atoms with Gasteiger partial charge in [0.15, 0.2) is 0 Å². The summed E-state index contributed by atoms with van der Waals surface area (Å²) in [7, 11) is 0. The van der Waals surface area contributed by atoms with E-state index in [4.69, 9.17) is 5.73 Å². The highest BCUT2D eigenvalue weighted by Gasteiger charge is 2.26. The van der Waals surface area contributed by atoms with Crippen LogP contribution < -0.4 is 16.1 Å². The molecule has 0 atom stereocenters. The summed E-state index contributed by atoms with van der Waals surface area (Å²) in [6.07, 6.45) is 0.478. The van der Waals surface area contributed by atoms with Crippen molar-refractivity contribution in [2.24, 2.45) is 10.8 Å². The predicted octanol–water partition coefficient (Wildman–Crippen LogP) is 2.52. The molecule has 0 saturated heterocycles. The van der Waals surface area contributed by atoms with Gasteiger partial charge in [-0.2, -0.15) is 5.10 Å². The first-order valence-corrected chi connectivity index (χ1v) is 8.54. The Hall–Kier alpha value is -3.48. The lowest BCUT2D eigenvalue weighted by Gasteiger charge is -2.24. The van der Waals surface area contributed by atoms with Crippen molar-refractivity contribution in [2.75, 3.05) is 10.3 Å². The third-order valence-electron chi connectivity index (χ3n) is 4.31. The lowest BCUT2D eigenvalue weighted by Crippen LogP contribution is -2.36. The Morgan fingerprint density at radius 1 is 1.07 bits per heavy atom. The molecule has 7 heteroatoms. The van der Waals surface area contributed by atoms with Crippen LogP contribution in [0.4, 0.5) is 11.4 Å². The lowest BCUT2D eigenvalue weighted by molar-refractivity contribution is -0.118. The quantitative estimate of drug-likeness (QED) is 0.871. The zero-order valence-electron chi connectivity index (χ0n) is 15.2. The number of benzene rings is 2. The Morgan fingerprint density at radius 3 is 2.44 bits per heavy atom. The number of hydrogen-bond acceptors (Lipinski definition) is 4. The zero-order chi connectivity index (χ0) is 19.6. The van der Waals surface area contributed by atoms with Crippen molar-refractivity contribution in [3.05, 3.63) is 59.2 Å². The normalized spacial score (nSPS) is 13.9. The van der Waals surface area contributed by atoms with Crippen molar-refractivity contribution in [1.29, 1.82) is 0 Å². The molecule has 3 rings (SSSR count). The van der Waals surface area contributed by atoms with E-state index in [2.05, 4.69) is 10.4 Å². The molecule has 0 aromatic heterocycles. The van der Waals surface area contributed by atoms with E-state index < -0.39 is 5.91 Å². The maximum absolute atomic E-state index is 12.6. The van der Waals surface area contributed by atoms with E-state index in [-0.39, 0.29) is 30.4 Å². The molecule has 3 N–H and O–H groups in total. The maximum Gasteiger partial charge on any atom is 0.271 e. The molecule has 0 unspecified atom stereocenters. The minimum Gasteiger partial charge on any atom is -0.366 e. The van der Waals surface area contributed by atoms with Gasteiger partial charge in [-0.25, -0.2) is 5.01 Å². The number of primary amides is 1. The monoisotopic (exact) mass is 364 g/mol. The molecule has 0 spiro atoms. The highest BCUT2D eigenvalue weighted by molar-refractivity contribution is 6.44. The number of nitrogens with two attached hydrogens (primary N) is 1. The molecule has 1 heterocycles. The summed E-state index contributed by atoms with van der Waals surface area (Å²) in [5.74, 6) is -1.07. The molecule has 0 saturated carbocycles. The molecule has 7 nitrogen and oxygen atoms in total. The van der Waals surface area contributed by atoms with Crippen molar-refractivity contribution in [3.63, 3.8) is 0 Å². The summed E-state index contributed by atoms with van der Waals surface area (Å²) < 4.78 is 0. The zero-order valence-corrected chi connectivity index (χ0v) is 15.2. The van der Waals surface area contributed by atoms with Crippen LogP contribution in [0.1, 0.15) is 34.3 Å². The third kappa shape index (κ3) is 4.03. The molecule has 1 aliphatic rings. The number of carbonyl (C=O) groups is 3. The Balaban J connectivity index is 1.82. The molecular weight excluding hydrogens is 344 g/mol. The third-order valence-corrected chi connectivity index (χ3v) is 4.31. The van der Waals surface area contributed by atoms with Gasteiger partial charge in [0.1, 0.15) is 5.71 Å². The van der Waals surface area contributed by atoms with Gasteiger partial charge in [-0.05, 0) is 55.3 Å². The van der Waals surface area contributed by atoms with E-state index in [1.165, 1.54) is 17.1 Å². The topological polar surface area (TPSA) is 105 Å². The molecular formula is C20H20N4O3. The summed E-state index contributed by atoms with van der Waals surface area (Å²) in [6, 6.07) is 12.0. The second kappa shape index (κ2) is 7.41. The van der Waals surface area contributed by atoms with Crippen molar-refractivity contribution in [1.82, 2.24) is 0 Å². The molecule has 0 aliphatic carbocycles. The van der Waals surface area contributed by atoms with Crippen LogP contribution in [-0.2, 0) is 9.59 Å². The molecule has 27 heavy (non-hydrogen) atoms. The van der Waals surface area contributed by atoms with Crippen molar-refractivity contribution < 1.29 is 14.4 Å². The van der Waals surface area contributed by atoms with Crippen LogP contribution in [0.15, 0.2) is 47.6 Å². The summed E-state index contributed by atoms with van der Waals surface area (Å²) in [5.41, 5.74) is 8.94. The number of hydrogen-bond donors (Lipinski definition) is 2. The minimum absolute atomic E-state index is 0.147. The average molecular weight is 364 g/mol. The Morgan fingerprint density at radius 2 is 1.78 bits per heavy atom. The number of anilines is 2. The lowest BCUT2D eigenvalue weighted by atomic mass is 10.1. The fraction of sp³-hybridized carbons (Fsp3) is 0.200. The number of nitrogens with zero attached hydrogens (tertiary/aromatic N) is 2. The van der Waals surface area contributed by atoms with Crippen molar-refractivity contribution in [2.45, 2.75) is 26.7 Å². The minimum atomic E-state index is -0.535. The van der Waals surface area contributed by atoms with Crippen LogP contribution in [0, 0.1) is 13.8 Å². The summed E-state index contributed by atoms with van der Waals surface area (Å²) in [4.78, 5) is 36.0. The highest BCUT2D eigenvalue weighted by Crippen LogP contribution is 2.25. The van der Waals surface area contributed by atoms with E-state index in [9.17, 15) is 14.4 Å². The molecule has 0 fully saturated rings. The first-order valence-electron chi connectivity index (χ1n) is 8.54. The average Bonchev–Trinajstić information content (AvgIpc) is 2.64. The second-order valence-corrected chi connectivity index (χ2v) is 6.44. The fourth-order valence-corrected chi connectivity index (χ4v) is 2.77. The number of nitrogens with one attached hydrogen (secondary N) is 1. The van der Waals surface area contributed by atoms with E-state index >= 15 is 0 Å². The van der Waals surface area contributed by atoms with Gasteiger partial charge in [-0.15, -0.1) is 0 Å². The van der Waals surface area contributed by atoms with Crippen LogP contribution in [0.25, 0.3) is 0 Å². The van der Waals surface area contributed by atoms with Gasteiger partial charge < -0.3 is 11.1 Å². The van der Waals surface area contributed by atoms with Crippen LogP contribution in [-0.4, -0.2) is 23.4 Å². The van der Waals surface area contributed by atoms with Gasteiger partial charge in [0, 0.05) is 24.1 Å².